The number of nitrogens with one attached hydrogen (secondary N) is 1. The van der Waals surface area contributed by atoms with E-state index in [9.17, 15) is 0 Å². The zero-order chi connectivity index (χ0) is 14.5. The lowest BCUT2D eigenvalue weighted by atomic mass is 9.90. The average molecular weight is 296 g/mol. The van der Waals surface area contributed by atoms with E-state index in [-0.39, 0.29) is 0 Å². The predicted octanol–water partition coefficient (Wildman–Crippen LogP) is 2.18. The zero-order valence-corrected chi connectivity index (χ0v) is 13.6. The van der Waals surface area contributed by atoms with Crippen LogP contribution in [-0.4, -0.2) is 62.0 Å². The van der Waals surface area contributed by atoms with Crippen LogP contribution >= 0.6 is 0 Å². The molecule has 4 nitrogen and oxygen atoms in total. The Hall–Kier alpha value is -0.160. The van der Waals surface area contributed by atoms with Crippen molar-refractivity contribution in [2.75, 3.05) is 32.8 Å². The van der Waals surface area contributed by atoms with Gasteiger partial charge < -0.3 is 14.8 Å². The molecular weight excluding hydrogens is 264 g/mol. The highest BCUT2D eigenvalue weighted by Gasteiger charge is 2.36. The molecule has 1 saturated carbocycles. The highest BCUT2D eigenvalue weighted by Crippen LogP contribution is 2.30. The highest BCUT2D eigenvalue weighted by molar-refractivity contribution is 4.89. The maximum atomic E-state index is 6.25. The molecule has 122 valence electrons. The molecule has 0 aromatic heterocycles. The summed E-state index contributed by atoms with van der Waals surface area (Å²) in [5, 5.41) is 3.49. The Bertz CT molecular complexity index is 311. The van der Waals surface area contributed by atoms with E-state index in [2.05, 4.69) is 17.1 Å². The third-order valence-corrected chi connectivity index (χ3v) is 5.28. The minimum atomic E-state index is 0.435. The molecule has 0 amide bonds. The van der Waals surface area contributed by atoms with Crippen molar-refractivity contribution in [3.05, 3.63) is 0 Å². The van der Waals surface area contributed by atoms with Crippen molar-refractivity contribution in [3.63, 3.8) is 0 Å². The SMILES string of the molecule is CCCNCC1CCC(CN2CCOC3CCCCC32)O1. The van der Waals surface area contributed by atoms with Gasteiger partial charge >= 0.3 is 0 Å². The first-order valence-corrected chi connectivity index (χ1v) is 9.08. The quantitative estimate of drug-likeness (QED) is 0.762. The molecule has 3 aliphatic rings. The second-order valence-corrected chi connectivity index (χ2v) is 6.92. The number of ether oxygens (including phenoxy) is 2. The monoisotopic (exact) mass is 296 g/mol. The van der Waals surface area contributed by atoms with Crippen LogP contribution in [0.1, 0.15) is 51.9 Å². The van der Waals surface area contributed by atoms with Crippen LogP contribution in [-0.2, 0) is 9.47 Å². The summed E-state index contributed by atoms with van der Waals surface area (Å²) in [6.45, 7) is 7.48. The Morgan fingerprint density at radius 1 is 1.10 bits per heavy atom. The smallest absolute Gasteiger partial charge is 0.0730 e. The normalized spacial score (nSPS) is 37.6. The van der Waals surface area contributed by atoms with Crippen LogP contribution < -0.4 is 5.32 Å². The maximum Gasteiger partial charge on any atom is 0.0730 e. The molecule has 4 heteroatoms. The van der Waals surface area contributed by atoms with Crippen LogP contribution in [0.25, 0.3) is 0 Å². The molecule has 3 rings (SSSR count). The van der Waals surface area contributed by atoms with Crippen LogP contribution in [0.15, 0.2) is 0 Å². The summed E-state index contributed by atoms with van der Waals surface area (Å²) in [7, 11) is 0. The molecule has 0 bridgehead atoms. The molecule has 0 radical (unpaired) electrons. The Labute approximate surface area is 129 Å². The van der Waals surface area contributed by atoms with E-state index < -0.39 is 0 Å². The van der Waals surface area contributed by atoms with Crippen molar-refractivity contribution in [1.82, 2.24) is 10.2 Å². The fourth-order valence-electron chi connectivity index (χ4n) is 4.17. The third-order valence-electron chi connectivity index (χ3n) is 5.28. The van der Waals surface area contributed by atoms with Crippen LogP contribution in [0.5, 0.6) is 0 Å². The largest absolute Gasteiger partial charge is 0.375 e. The lowest BCUT2D eigenvalue weighted by Crippen LogP contribution is -2.54. The minimum Gasteiger partial charge on any atom is -0.375 e. The van der Waals surface area contributed by atoms with Gasteiger partial charge in [-0.3, -0.25) is 4.90 Å². The number of nitrogens with zero attached hydrogens (tertiary/aromatic N) is 1. The summed E-state index contributed by atoms with van der Waals surface area (Å²) in [5.74, 6) is 0. The Kier molecular flexibility index (Phi) is 5.92. The molecular formula is C17H32N2O2. The summed E-state index contributed by atoms with van der Waals surface area (Å²) in [4.78, 5) is 2.67. The van der Waals surface area contributed by atoms with E-state index >= 15 is 0 Å². The lowest BCUT2D eigenvalue weighted by Gasteiger charge is -2.44. The second kappa shape index (κ2) is 7.91. The van der Waals surface area contributed by atoms with E-state index in [0.717, 1.165) is 32.8 Å². The first-order chi connectivity index (χ1) is 10.4. The van der Waals surface area contributed by atoms with Gasteiger partial charge in [0.25, 0.3) is 0 Å². The summed E-state index contributed by atoms with van der Waals surface area (Å²) in [6, 6.07) is 0.661. The number of rotatable bonds is 6. The number of hydrogen-bond acceptors (Lipinski definition) is 4. The lowest BCUT2D eigenvalue weighted by molar-refractivity contribution is -0.101. The van der Waals surface area contributed by atoms with Gasteiger partial charge in [0.15, 0.2) is 0 Å². The molecule has 0 aromatic rings. The Morgan fingerprint density at radius 3 is 2.86 bits per heavy atom. The third kappa shape index (κ3) is 4.19. The summed E-state index contributed by atoms with van der Waals surface area (Å²) < 4.78 is 12.2. The van der Waals surface area contributed by atoms with Gasteiger partial charge in [0.05, 0.1) is 24.9 Å². The zero-order valence-electron chi connectivity index (χ0n) is 13.6. The number of fused-ring (bicyclic) bond motifs is 1. The average Bonchev–Trinajstić information content (AvgIpc) is 2.96. The predicted molar refractivity (Wildman–Crippen MR) is 84.6 cm³/mol. The van der Waals surface area contributed by atoms with E-state index in [1.54, 1.807) is 0 Å². The standard InChI is InChI=1S/C17H32N2O2/c1-2-9-18-12-14-7-8-15(21-14)13-19-10-11-20-17-6-4-3-5-16(17)19/h14-18H,2-13H2,1H3. The van der Waals surface area contributed by atoms with Crippen molar-refractivity contribution in [2.24, 2.45) is 0 Å². The van der Waals surface area contributed by atoms with Crippen molar-refractivity contribution >= 4 is 0 Å². The second-order valence-electron chi connectivity index (χ2n) is 6.92. The maximum absolute atomic E-state index is 6.25. The van der Waals surface area contributed by atoms with Crippen LogP contribution in [0, 0.1) is 0 Å². The van der Waals surface area contributed by atoms with Gasteiger partial charge in [-0.1, -0.05) is 19.8 Å². The van der Waals surface area contributed by atoms with E-state index in [1.165, 1.54) is 44.9 Å². The molecule has 0 spiro atoms. The first kappa shape index (κ1) is 15.7. The molecule has 0 aromatic carbocycles. The Balaban J connectivity index is 1.43. The molecule has 3 fully saturated rings. The molecule has 21 heavy (non-hydrogen) atoms. The molecule has 1 aliphatic carbocycles. The molecule has 2 heterocycles. The van der Waals surface area contributed by atoms with E-state index in [4.69, 9.17) is 9.47 Å². The first-order valence-electron chi connectivity index (χ1n) is 9.08. The van der Waals surface area contributed by atoms with Crippen LogP contribution in [0.3, 0.4) is 0 Å². The highest BCUT2D eigenvalue weighted by atomic mass is 16.5. The Morgan fingerprint density at radius 2 is 1.95 bits per heavy atom. The molecule has 4 unspecified atom stereocenters. The number of morpholine rings is 1. The number of hydrogen-bond donors (Lipinski definition) is 1. The van der Waals surface area contributed by atoms with Crippen molar-refractivity contribution in [3.8, 4) is 0 Å². The summed E-state index contributed by atoms with van der Waals surface area (Å²) in [5.41, 5.74) is 0. The van der Waals surface area contributed by atoms with E-state index in [0.29, 0.717) is 24.4 Å². The fourth-order valence-corrected chi connectivity index (χ4v) is 4.17. The summed E-state index contributed by atoms with van der Waals surface area (Å²) in [6.07, 6.45) is 10.3. The minimum absolute atomic E-state index is 0.435. The van der Waals surface area contributed by atoms with Gasteiger partial charge in [0.2, 0.25) is 0 Å². The van der Waals surface area contributed by atoms with Crippen molar-refractivity contribution in [2.45, 2.75) is 76.2 Å². The van der Waals surface area contributed by atoms with Crippen LogP contribution in [0.2, 0.25) is 0 Å². The molecule has 4 atom stereocenters. The fraction of sp³-hybridized carbons (Fsp3) is 1.00. The van der Waals surface area contributed by atoms with Gasteiger partial charge in [-0.05, 0) is 38.6 Å². The van der Waals surface area contributed by atoms with Gasteiger partial charge in [0.1, 0.15) is 0 Å². The van der Waals surface area contributed by atoms with Gasteiger partial charge in [-0.15, -0.1) is 0 Å². The van der Waals surface area contributed by atoms with E-state index in [1.807, 2.05) is 0 Å². The van der Waals surface area contributed by atoms with Crippen molar-refractivity contribution < 1.29 is 9.47 Å². The van der Waals surface area contributed by atoms with Gasteiger partial charge in [0, 0.05) is 25.7 Å². The molecule has 1 N–H and O–H groups in total. The molecule has 2 saturated heterocycles. The summed E-state index contributed by atoms with van der Waals surface area (Å²) >= 11 is 0. The molecule has 2 aliphatic heterocycles. The topological polar surface area (TPSA) is 33.7 Å². The van der Waals surface area contributed by atoms with Gasteiger partial charge in [-0.2, -0.15) is 0 Å². The van der Waals surface area contributed by atoms with Crippen LogP contribution in [0.4, 0.5) is 0 Å². The van der Waals surface area contributed by atoms with Crippen molar-refractivity contribution in [1.29, 1.82) is 0 Å². The van der Waals surface area contributed by atoms with Gasteiger partial charge in [-0.25, -0.2) is 0 Å².